The Morgan fingerprint density at radius 1 is 1.23 bits per heavy atom. The van der Waals surface area contributed by atoms with E-state index in [4.69, 9.17) is 4.74 Å². The van der Waals surface area contributed by atoms with Crippen molar-refractivity contribution in [2.75, 3.05) is 6.61 Å². The number of fused-ring (bicyclic) bond motifs is 3. The molecule has 3 aliphatic heterocycles. The third-order valence-corrected chi connectivity index (χ3v) is 8.74. The largest absolute Gasteiger partial charge is 0.524 e. The van der Waals surface area contributed by atoms with Crippen molar-refractivity contribution in [3.8, 4) is 0 Å². The Morgan fingerprint density at radius 3 is 2.40 bits per heavy atom. The summed E-state index contributed by atoms with van der Waals surface area (Å²) >= 11 is 5.65. The van der Waals surface area contributed by atoms with Gasteiger partial charge in [0, 0.05) is 26.1 Å². The van der Waals surface area contributed by atoms with Crippen LogP contribution in [0.4, 0.5) is 10.5 Å². The van der Waals surface area contributed by atoms with Gasteiger partial charge in [0.25, 0.3) is 0 Å². The summed E-state index contributed by atoms with van der Waals surface area (Å²) in [6, 6.07) is 3.69. The molecule has 1 amide bonds. The van der Waals surface area contributed by atoms with E-state index in [2.05, 4.69) is 27.7 Å². The minimum atomic E-state index is -0.972. The van der Waals surface area contributed by atoms with Crippen LogP contribution < -0.4 is 4.48 Å². The van der Waals surface area contributed by atoms with Crippen LogP contribution in [0.3, 0.4) is 0 Å². The topological polar surface area (TPSA) is 63.6 Å². The van der Waals surface area contributed by atoms with Crippen LogP contribution in [0.15, 0.2) is 22.8 Å². The van der Waals surface area contributed by atoms with E-state index in [9.17, 15) is 14.7 Å². The maximum absolute atomic E-state index is 12.9. The molecule has 0 spiro atoms. The first kappa shape index (κ1) is 21.9. The minimum absolute atomic E-state index is 0.242. The Morgan fingerprint density at radius 2 is 1.87 bits per heavy atom. The number of hydrogen-bond donors (Lipinski definition) is 1. The number of hydrogen-bond acceptors (Lipinski definition) is 4. The molecule has 1 aromatic rings. The maximum Gasteiger partial charge on any atom is 0.524 e. The van der Waals surface area contributed by atoms with Gasteiger partial charge < -0.3 is 9.84 Å². The normalized spacial score (nSPS) is 30.0. The Bertz CT molecular complexity index is 926. The molecule has 3 atom stereocenters. The lowest BCUT2D eigenvalue weighted by Gasteiger charge is -2.39. The number of rotatable bonds is 3. The molecular formula is C23H29BrNO4S+. The number of carboxylic acid groups (broad SMARTS) is 1. The second-order valence-electron chi connectivity index (χ2n) is 9.46. The van der Waals surface area contributed by atoms with Crippen molar-refractivity contribution in [2.24, 2.45) is 5.92 Å². The van der Waals surface area contributed by atoms with Crippen molar-refractivity contribution >= 4 is 51.0 Å². The smallest absolute Gasteiger partial charge is 0.462 e. The van der Waals surface area contributed by atoms with Crippen molar-refractivity contribution in [1.29, 1.82) is 0 Å². The van der Waals surface area contributed by atoms with Gasteiger partial charge in [0.05, 0.1) is 6.61 Å². The second-order valence-corrected chi connectivity index (χ2v) is 12.0. The Hall–Kier alpha value is -1.31. The molecular weight excluding hydrogens is 466 g/mol. The van der Waals surface area contributed by atoms with Gasteiger partial charge in [-0.2, -0.15) is 21.0 Å². The molecule has 0 aliphatic carbocycles. The van der Waals surface area contributed by atoms with Gasteiger partial charge in [0.15, 0.2) is 5.69 Å². The van der Waals surface area contributed by atoms with Gasteiger partial charge in [-0.05, 0) is 71.4 Å². The van der Waals surface area contributed by atoms with E-state index >= 15 is 0 Å². The highest BCUT2D eigenvalue weighted by Gasteiger charge is 2.57. The van der Waals surface area contributed by atoms with Crippen LogP contribution in [0.5, 0.6) is 0 Å². The summed E-state index contributed by atoms with van der Waals surface area (Å²) < 4.78 is 5.71. The van der Waals surface area contributed by atoms with E-state index in [0.29, 0.717) is 27.7 Å². The molecule has 5 nitrogen and oxygen atoms in total. The number of amides is 1. The van der Waals surface area contributed by atoms with Crippen molar-refractivity contribution in [3.63, 3.8) is 0 Å². The molecule has 1 N–H and O–H groups in total. The molecule has 4 rings (SSSR count). The number of quaternary nitrogens is 1. The van der Waals surface area contributed by atoms with Crippen LogP contribution in [0.1, 0.15) is 69.3 Å². The van der Waals surface area contributed by atoms with Crippen molar-refractivity contribution in [3.05, 3.63) is 33.9 Å². The number of esters is 1. The molecule has 2 fully saturated rings. The number of carbonyl (C=O) groups is 2. The number of halogens is 1. The molecule has 162 valence electrons. The van der Waals surface area contributed by atoms with Gasteiger partial charge in [0.2, 0.25) is 0 Å². The quantitative estimate of drug-likeness (QED) is 0.386. The van der Waals surface area contributed by atoms with Gasteiger partial charge >= 0.3 is 12.1 Å². The van der Waals surface area contributed by atoms with E-state index in [0.717, 1.165) is 28.5 Å². The molecule has 0 aromatic heterocycles. The molecule has 1 aromatic carbocycles. The first-order chi connectivity index (χ1) is 14.1. The van der Waals surface area contributed by atoms with E-state index in [-0.39, 0.29) is 6.61 Å². The zero-order valence-corrected chi connectivity index (χ0v) is 20.3. The molecule has 30 heavy (non-hydrogen) atoms. The number of benzene rings is 1. The van der Waals surface area contributed by atoms with Crippen LogP contribution in [-0.2, 0) is 4.74 Å². The van der Waals surface area contributed by atoms with E-state index in [1.165, 1.54) is 12.8 Å². The SMILES string of the molecule is CCOC(=O)c1cc(Br)cc2c1[N+](C(=O)O)(C(C)(C)C)C=C2C1CC2CCC(C1)S2. The first-order valence-electron chi connectivity index (χ1n) is 10.6. The summed E-state index contributed by atoms with van der Waals surface area (Å²) in [5.41, 5.74) is 2.14. The van der Waals surface area contributed by atoms with Gasteiger partial charge in [-0.1, -0.05) is 15.9 Å². The minimum Gasteiger partial charge on any atom is -0.462 e. The molecule has 2 bridgehead atoms. The zero-order chi connectivity index (χ0) is 21.8. The van der Waals surface area contributed by atoms with E-state index < -0.39 is 22.1 Å². The summed E-state index contributed by atoms with van der Waals surface area (Å²) in [5.74, 6) is -0.162. The van der Waals surface area contributed by atoms with Crippen LogP contribution in [0.25, 0.3) is 5.57 Å². The third kappa shape index (κ3) is 3.33. The van der Waals surface area contributed by atoms with Crippen LogP contribution in [-0.4, -0.2) is 39.8 Å². The Labute approximate surface area is 190 Å². The summed E-state index contributed by atoms with van der Waals surface area (Å²) in [7, 11) is 0. The van der Waals surface area contributed by atoms with Crippen LogP contribution >= 0.6 is 27.7 Å². The predicted molar refractivity (Wildman–Crippen MR) is 125 cm³/mol. The summed E-state index contributed by atoms with van der Waals surface area (Å²) in [4.78, 5) is 25.8. The summed E-state index contributed by atoms with van der Waals surface area (Å²) in [5, 5.41) is 11.8. The van der Waals surface area contributed by atoms with Gasteiger partial charge in [0.1, 0.15) is 17.3 Å². The number of thioether (sulfide) groups is 1. The van der Waals surface area contributed by atoms with Gasteiger partial charge in [-0.3, -0.25) is 0 Å². The molecule has 0 saturated carbocycles. The monoisotopic (exact) mass is 494 g/mol. The number of nitrogens with zero attached hydrogens (tertiary/aromatic N) is 1. The van der Waals surface area contributed by atoms with E-state index in [1.807, 2.05) is 33.0 Å². The van der Waals surface area contributed by atoms with E-state index in [1.54, 1.807) is 13.0 Å². The standard InChI is InChI=1S/C23H28BrNO4S/c1-5-29-21(26)18-11-14(24)10-17-19(13-8-15-6-7-16(9-13)30-15)12-25(20(17)18,22(27)28)23(2,3)4/h10-13,15-16H,5-9H2,1-4H3/p+1. The number of allylic oxidation sites excluding steroid dienone is 1. The second kappa shape index (κ2) is 7.68. The fraction of sp³-hybridized carbons (Fsp3) is 0.565. The average molecular weight is 495 g/mol. The zero-order valence-electron chi connectivity index (χ0n) is 17.9. The Balaban J connectivity index is 1.96. The van der Waals surface area contributed by atoms with Crippen LogP contribution in [0.2, 0.25) is 0 Å². The van der Waals surface area contributed by atoms with Crippen molar-refractivity contribution in [2.45, 2.75) is 69.4 Å². The fourth-order valence-corrected chi connectivity index (χ4v) is 7.54. The number of carbonyl (C=O) groups excluding carboxylic acids is 1. The highest BCUT2D eigenvalue weighted by molar-refractivity contribution is 9.10. The lowest BCUT2D eigenvalue weighted by atomic mass is 9.87. The molecule has 3 aliphatic rings. The lowest BCUT2D eigenvalue weighted by molar-refractivity contribution is 0.0523. The maximum atomic E-state index is 12.9. The van der Waals surface area contributed by atoms with Crippen LogP contribution in [0, 0.1) is 5.92 Å². The Kier molecular flexibility index (Phi) is 5.61. The highest BCUT2D eigenvalue weighted by atomic mass is 79.9. The average Bonchev–Trinajstić information content (AvgIpc) is 3.18. The lowest BCUT2D eigenvalue weighted by Crippen LogP contribution is -2.60. The molecule has 0 radical (unpaired) electrons. The molecule has 2 saturated heterocycles. The summed E-state index contributed by atoms with van der Waals surface area (Å²) in [6.45, 7) is 7.76. The first-order valence-corrected chi connectivity index (χ1v) is 12.3. The molecule has 3 unspecified atom stereocenters. The predicted octanol–water partition coefficient (Wildman–Crippen LogP) is 6.44. The summed E-state index contributed by atoms with van der Waals surface area (Å²) in [6.07, 6.45) is 5.57. The van der Waals surface area contributed by atoms with Gasteiger partial charge in [-0.25, -0.2) is 4.79 Å². The van der Waals surface area contributed by atoms with Crippen molar-refractivity contribution < 1.29 is 19.4 Å². The number of ether oxygens (including phenoxy) is 1. The fourth-order valence-electron chi connectivity index (χ4n) is 5.31. The van der Waals surface area contributed by atoms with Crippen molar-refractivity contribution in [1.82, 2.24) is 4.48 Å². The highest BCUT2D eigenvalue weighted by Crippen LogP contribution is 2.56. The molecule has 7 heteroatoms. The van der Waals surface area contributed by atoms with Gasteiger partial charge in [-0.15, -0.1) is 0 Å². The third-order valence-electron chi connectivity index (χ3n) is 6.66. The molecule has 3 heterocycles.